The Morgan fingerprint density at radius 2 is 1.86 bits per heavy atom. The first-order chi connectivity index (χ1) is 6.61. The zero-order valence-corrected chi connectivity index (χ0v) is 8.32. The van der Waals surface area contributed by atoms with Crippen LogP contribution in [-0.4, -0.2) is 41.1 Å². The Labute approximate surface area is 83.1 Å². The molecular weight excluding hydrogens is 184 g/mol. The van der Waals surface area contributed by atoms with Gasteiger partial charge in [-0.15, -0.1) is 0 Å². The van der Waals surface area contributed by atoms with Crippen LogP contribution in [0, 0.1) is 0 Å². The van der Waals surface area contributed by atoms with E-state index in [9.17, 15) is 9.59 Å². The molecule has 1 heterocycles. The van der Waals surface area contributed by atoms with Gasteiger partial charge < -0.3 is 10.4 Å². The molecule has 1 unspecified atom stereocenters. The van der Waals surface area contributed by atoms with Gasteiger partial charge in [0, 0.05) is 20.0 Å². The second-order valence-electron chi connectivity index (χ2n) is 3.54. The van der Waals surface area contributed by atoms with Gasteiger partial charge >= 0.3 is 5.97 Å². The lowest BCUT2D eigenvalue weighted by Gasteiger charge is -2.31. The van der Waals surface area contributed by atoms with Gasteiger partial charge in [0.2, 0.25) is 5.91 Å². The third-order valence-corrected chi connectivity index (χ3v) is 2.33. The Morgan fingerprint density at radius 1 is 1.29 bits per heavy atom. The first-order valence-corrected chi connectivity index (χ1v) is 4.85. The summed E-state index contributed by atoms with van der Waals surface area (Å²) >= 11 is 0. The maximum absolute atomic E-state index is 10.9. The van der Waals surface area contributed by atoms with Crippen LogP contribution in [0.5, 0.6) is 0 Å². The van der Waals surface area contributed by atoms with Crippen LogP contribution in [0.15, 0.2) is 0 Å². The van der Waals surface area contributed by atoms with E-state index in [1.165, 1.54) is 6.92 Å². The number of carbonyl (C=O) groups excluding carboxylic acids is 1. The first-order valence-electron chi connectivity index (χ1n) is 4.85. The molecule has 0 aromatic rings. The van der Waals surface area contributed by atoms with E-state index in [0.29, 0.717) is 0 Å². The third-order valence-electron chi connectivity index (χ3n) is 2.33. The van der Waals surface area contributed by atoms with Crippen LogP contribution in [-0.2, 0) is 9.59 Å². The first kappa shape index (κ1) is 11.0. The molecule has 0 spiro atoms. The fourth-order valence-corrected chi connectivity index (χ4v) is 1.68. The van der Waals surface area contributed by atoms with E-state index in [1.807, 2.05) is 0 Å². The number of nitrogens with one attached hydrogen (secondary N) is 1. The molecule has 5 heteroatoms. The van der Waals surface area contributed by atoms with Crippen molar-refractivity contribution < 1.29 is 14.7 Å². The van der Waals surface area contributed by atoms with Crippen molar-refractivity contribution in [2.45, 2.75) is 32.4 Å². The number of aliphatic carboxylic acids is 1. The van der Waals surface area contributed by atoms with Crippen molar-refractivity contribution in [3.8, 4) is 0 Å². The predicted molar refractivity (Wildman–Crippen MR) is 50.7 cm³/mol. The van der Waals surface area contributed by atoms with Gasteiger partial charge in [0.05, 0.1) is 0 Å². The third kappa shape index (κ3) is 2.99. The largest absolute Gasteiger partial charge is 0.479 e. The Morgan fingerprint density at radius 3 is 2.29 bits per heavy atom. The summed E-state index contributed by atoms with van der Waals surface area (Å²) in [6.45, 7) is 2.83. The minimum atomic E-state index is -0.984. The minimum absolute atomic E-state index is 0.303. The Bertz CT molecular complexity index is 224. The minimum Gasteiger partial charge on any atom is -0.479 e. The molecular formula is C9H16N2O3. The molecule has 1 aliphatic rings. The van der Waals surface area contributed by atoms with Crippen molar-refractivity contribution in [1.82, 2.24) is 10.2 Å². The van der Waals surface area contributed by atoms with Crippen molar-refractivity contribution >= 4 is 11.9 Å². The molecule has 14 heavy (non-hydrogen) atoms. The van der Waals surface area contributed by atoms with Crippen molar-refractivity contribution in [2.75, 3.05) is 13.1 Å². The van der Waals surface area contributed by atoms with Crippen LogP contribution in [0.1, 0.15) is 26.2 Å². The Hall–Kier alpha value is -1.10. The number of nitrogens with zero attached hydrogens (tertiary/aromatic N) is 1. The second-order valence-corrected chi connectivity index (χ2v) is 3.54. The van der Waals surface area contributed by atoms with Gasteiger partial charge in [0.15, 0.2) is 6.17 Å². The van der Waals surface area contributed by atoms with Gasteiger partial charge in [-0.05, 0) is 12.8 Å². The van der Waals surface area contributed by atoms with Crippen LogP contribution < -0.4 is 5.32 Å². The highest BCUT2D eigenvalue weighted by molar-refractivity contribution is 5.81. The molecule has 1 amide bonds. The summed E-state index contributed by atoms with van der Waals surface area (Å²) in [5.41, 5.74) is 0. The number of likely N-dealkylation sites (tertiary alicyclic amines) is 1. The molecule has 1 fully saturated rings. The molecule has 1 saturated heterocycles. The average Bonchev–Trinajstić information content (AvgIpc) is 2.15. The van der Waals surface area contributed by atoms with Crippen LogP contribution in [0.2, 0.25) is 0 Å². The van der Waals surface area contributed by atoms with E-state index < -0.39 is 12.1 Å². The highest BCUT2D eigenvalue weighted by Crippen LogP contribution is 2.10. The second kappa shape index (κ2) is 4.95. The van der Waals surface area contributed by atoms with E-state index in [1.54, 1.807) is 4.90 Å². The van der Waals surface area contributed by atoms with Crippen LogP contribution >= 0.6 is 0 Å². The van der Waals surface area contributed by atoms with E-state index in [2.05, 4.69) is 5.32 Å². The molecule has 1 rings (SSSR count). The Kier molecular flexibility index (Phi) is 3.88. The number of rotatable bonds is 3. The molecule has 1 atom stereocenters. The normalized spacial score (nSPS) is 20.1. The molecule has 80 valence electrons. The summed E-state index contributed by atoms with van der Waals surface area (Å²) in [5, 5.41) is 11.4. The number of hydrogen-bond acceptors (Lipinski definition) is 3. The summed E-state index contributed by atoms with van der Waals surface area (Å²) in [5.74, 6) is -1.29. The average molecular weight is 200 g/mol. The van der Waals surface area contributed by atoms with Crippen LogP contribution in [0.3, 0.4) is 0 Å². The molecule has 1 aliphatic heterocycles. The lowest BCUT2D eigenvalue weighted by Crippen LogP contribution is -2.54. The van der Waals surface area contributed by atoms with E-state index >= 15 is 0 Å². The fourth-order valence-electron chi connectivity index (χ4n) is 1.68. The van der Waals surface area contributed by atoms with Crippen molar-refractivity contribution in [3.05, 3.63) is 0 Å². The molecule has 5 nitrogen and oxygen atoms in total. The Balaban J connectivity index is 2.56. The lowest BCUT2D eigenvalue weighted by atomic mass is 10.1. The summed E-state index contributed by atoms with van der Waals surface area (Å²) in [6, 6.07) is 0. The van der Waals surface area contributed by atoms with Gasteiger partial charge in [0.25, 0.3) is 0 Å². The molecule has 0 aliphatic carbocycles. The summed E-state index contributed by atoms with van der Waals surface area (Å²) in [7, 11) is 0. The monoisotopic (exact) mass is 200 g/mol. The molecule has 0 aromatic carbocycles. The predicted octanol–water partition coefficient (Wildman–Crippen LogP) is 0.0191. The lowest BCUT2D eigenvalue weighted by molar-refractivity contribution is -0.147. The van der Waals surface area contributed by atoms with Crippen molar-refractivity contribution in [1.29, 1.82) is 0 Å². The maximum Gasteiger partial charge on any atom is 0.341 e. The number of carboxylic acid groups (broad SMARTS) is 1. The standard InChI is InChI=1S/C9H16N2O3/c1-7(12)10-8(9(13)14)11-5-3-2-4-6-11/h8H,2-6H2,1H3,(H,10,12)(H,13,14). The van der Waals surface area contributed by atoms with Crippen LogP contribution in [0.25, 0.3) is 0 Å². The van der Waals surface area contributed by atoms with Crippen molar-refractivity contribution in [3.63, 3.8) is 0 Å². The fraction of sp³-hybridized carbons (Fsp3) is 0.778. The van der Waals surface area contributed by atoms with Gasteiger partial charge in [-0.3, -0.25) is 9.69 Å². The zero-order valence-electron chi connectivity index (χ0n) is 8.32. The van der Waals surface area contributed by atoms with E-state index in [0.717, 1.165) is 32.4 Å². The van der Waals surface area contributed by atoms with Crippen LogP contribution in [0.4, 0.5) is 0 Å². The number of carbonyl (C=O) groups is 2. The smallest absolute Gasteiger partial charge is 0.341 e. The van der Waals surface area contributed by atoms with Gasteiger partial charge in [-0.1, -0.05) is 6.42 Å². The van der Waals surface area contributed by atoms with Gasteiger partial charge in [-0.2, -0.15) is 0 Å². The SMILES string of the molecule is CC(=O)NC(C(=O)O)N1CCCCC1. The molecule has 2 N–H and O–H groups in total. The quantitative estimate of drug-likeness (QED) is 0.673. The maximum atomic E-state index is 10.9. The molecule has 0 bridgehead atoms. The highest BCUT2D eigenvalue weighted by Gasteiger charge is 2.26. The molecule has 0 saturated carbocycles. The number of piperidine rings is 1. The summed E-state index contributed by atoms with van der Waals surface area (Å²) in [6.07, 6.45) is 2.29. The number of amides is 1. The molecule has 0 radical (unpaired) electrons. The number of hydrogen-bond donors (Lipinski definition) is 2. The van der Waals surface area contributed by atoms with Gasteiger partial charge in [-0.25, -0.2) is 4.79 Å². The van der Waals surface area contributed by atoms with E-state index in [4.69, 9.17) is 5.11 Å². The zero-order chi connectivity index (χ0) is 10.6. The summed E-state index contributed by atoms with van der Waals surface area (Å²) < 4.78 is 0. The van der Waals surface area contributed by atoms with Gasteiger partial charge in [0.1, 0.15) is 0 Å². The highest BCUT2D eigenvalue weighted by atomic mass is 16.4. The van der Waals surface area contributed by atoms with E-state index in [-0.39, 0.29) is 5.91 Å². The number of carboxylic acids is 1. The summed E-state index contributed by atoms with van der Waals surface area (Å²) in [4.78, 5) is 23.5. The molecule has 0 aromatic heterocycles. The topological polar surface area (TPSA) is 69.6 Å². The van der Waals surface area contributed by atoms with Crippen molar-refractivity contribution in [2.24, 2.45) is 0 Å².